The van der Waals surface area contributed by atoms with Crippen molar-refractivity contribution in [3.8, 4) is 0 Å². The van der Waals surface area contributed by atoms with Gasteiger partial charge in [-0.1, -0.05) is 89.8 Å². The average Bonchev–Trinajstić information content (AvgIpc) is 3.88. The molecule has 17 nitrogen and oxygen atoms in total. The zero-order valence-corrected chi connectivity index (χ0v) is 48.6. The van der Waals surface area contributed by atoms with Crippen molar-refractivity contribution in [1.29, 1.82) is 0 Å². The minimum atomic E-state index is -1.62. The Bertz CT molecular complexity index is 2290. The van der Waals surface area contributed by atoms with Crippen LogP contribution in [0.15, 0.2) is 46.3 Å². The summed E-state index contributed by atoms with van der Waals surface area (Å²) in [5.74, 6) is -5.19. The van der Waals surface area contributed by atoms with Crippen LogP contribution in [-0.2, 0) is 52.3 Å². The number of ether oxygens (including phenoxy) is 8. The van der Waals surface area contributed by atoms with Gasteiger partial charge < -0.3 is 68.5 Å². The summed E-state index contributed by atoms with van der Waals surface area (Å²) in [6.07, 6.45) is -0.691. The molecule has 0 amide bonds. The summed E-state index contributed by atoms with van der Waals surface area (Å²) >= 11 is 0. The molecule has 0 aromatic heterocycles. The summed E-state index contributed by atoms with van der Waals surface area (Å²) < 4.78 is 51.0. The summed E-state index contributed by atoms with van der Waals surface area (Å²) in [4.78, 5) is 44.3. The lowest BCUT2D eigenvalue weighted by Gasteiger charge is -2.56. The summed E-state index contributed by atoms with van der Waals surface area (Å²) in [7, 11) is 1.57. The van der Waals surface area contributed by atoms with Crippen molar-refractivity contribution in [3.63, 3.8) is 0 Å². The maximum atomic E-state index is 15.7. The Morgan fingerprint density at radius 3 is 1.97 bits per heavy atom. The van der Waals surface area contributed by atoms with Gasteiger partial charge >= 0.3 is 5.97 Å². The third kappa shape index (κ3) is 11.1. The van der Waals surface area contributed by atoms with Crippen molar-refractivity contribution >= 4 is 17.5 Å². The molecule has 4 aliphatic carbocycles. The van der Waals surface area contributed by atoms with Crippen LogP contribution in [0, 0.1) is 58.2 Å². The smallest absolute Gasteiger partial charge is 0.346 e. The second-order valence-electron chi connectivity index (χ2n) is 25.4. The molecule has 4 saturated heterocycles. The van der Waals surface area contributed by atoms with Gasteiger partial charge in [0.2, 0.25) is 5.78 Å². The van der Waals surface area contributed by atoms with E-state index in [2.05, 4.69) is 26.0 Å². The van der Waals surface area contributed by atoms with E-state index < -0.39 is 144 Å². The lowest BCUT2D eigenvalue weighted by molar-refractivity contribution is -0.338. The van der Waals surface area contributed by atoms with E-state index in [9.17, 15) is 40.2 Å². The van der Waals surface area contributed by atoms with Gasteiger partial charge in [0, 0.05) is 80.3 Å². The van der Waals surface area contributed by atoms with E-state index in [0.717, 1.165) is 16.7 Å². The molecule has 440 valence electrons. The third-order valence-electron chi connectivity index (χ3n) is 20.3. The summed E-state index contributed by atoms with van der Waals surface area (Å²) in [5.41, 5.74) is -1.54. The van der Waals surface area contributed by atoms with Crippen LogP contribution < -0.4 is 0 Å². The molecule has 0 radical (unpaired) electrons. The molecular weight excluding hydrogens is 1000 g/mol. The number of aliphatic hydroxyl groups excluding tert-OH is 6. The summed E-state index contributed by atoms with van der Waals surface area (Å²) in [6.45, 7) is 23.2. The van der Waals surface area contributed by atoms with Crippen LogP contribution in [-0.4, -0.2) is 154 Å². The zero-order chi connectivity index (χ0) is 57.1. The van der Waals surface area contributed by atoms with E-state index in [1.165, 1.54) is 0 Å². The van der Waals surface area contributed by atoms with Crippen LogP contribution in [0.2, 0.25) is 0 Å². The van der Waals surface area contributed by atoms with Gasteiger partial charge in [0.15, 0.2) is 24.5 Å². The van der Waals surface area contributed by atoms with Crippen LogP contribution in [0.5, 0.6) is 0 Å². The monoisotopic (exact) mass is 1100 g/mol. The average molecular weight is 1100 g/mol. The maximum absolute atomic E-state index is 15.7. The fraction of sp³-hybridized carbons (Fsp3) is 0.820. The number of fused-ring (bicyclic) bond motifs is 4. The highest BCUT2D eigenvalue weighted by Crippen LogP contribution is 2.64. The number of methoxy groups -OCH3 is 1. The Balaban J connectivity index is 1.09. The number of Topliss-reactive ketones (excluding diaryl/α,β-unsaturated/α-hetero) is 2. The highest BCUT2D eigenvalue weighted by atomic mass is 16.7. The van der Waals surface area contributed by atoms with E-state index in [1.54, 1.807) is 14.0 Å². The molecule has 1 saturated carbocycles. The normalized spacial score (nSPS) is 48.6. The predicted octanol–water partition coefficient (Wildman–Crippen LogP) is 7.28. The lowest BCUT2D eigenvalue weighted by atomic mass is 9.47. The second kappa shape index (κ2) is 24.1. The van der Waals surface area contributed by atoms with Crippen molar-refractivity contribution in [1.82, 2.24) is 0 Å². The van der Waals surface area contributed by atoms with E-state index in [1.807, 2.05) is 68.4 Å². The standard InChI is InChI=1S/C61H94O17/c1-14-39-21-38(28-62)19-31(5)53(75-47-24-44(66)54(36(10)73-47)76-48-25-45(71-13)55(37(11)74-48)77-46-23-43(65)52(67)35(9)72-46)29(3)17-16-18-59(12)26-32(6)33(7)27-61(59)57(69)49(58(70)78-61)56(68)60(15-2)50(39)30(4)20-40-42(64)22-41(63)34(8)51(40)60/h20-21,26,29,31,33-38,40,42-48,50-55,62,64-68H,14-19,22-25,27-28H2,1-13H3/b39-21+,56-49?/t29?,31?,33?,34?,35-,36-,37-,38?,40?,42?,43+,44+,45-,46+,47+,48-,50?,51?,52-,53?,54-,55-,59?,60?,61?/m1/s1. The Kier molecular flexibility index (Phi) is 18.9. The van der Waals surface area contributed by atoms with Gasteiger partial charge in [-0.05, 0) is 90.4 Å². The molecule has 4 heterocycles. The van der Waals surface area contributed by atoms with Crippen molar-refractivity contribution in [3.05, 3.63) is 46.3 Å². The first kappa shape index (κ1) is 61.2. The minimum absolute atomic E-state index is 0.0414. The Hall–Kier alpha value is -2.91. The number of aliphatic hydroxyl groups is 6. The molecule has 6 N–H and O–H groups in total. The van der Waals surface area contributed by atoms with Crippen molar-refractivity contribution in [2.45, 2.75) is 245 Å². The highest BCUT2D eigenvalue weighted by molar-refractivity contribution is 6.26. The number of allylic oxidation sites excluding steroid dienone is 4. The Labute approximate surface area is 462 Å². The summed E-state index contributed by atoms with van der Waals surface area (Å²) in [6, 6.07) is 0. The molecule has 2 bridgehead atoms. The topological polar surface area (TPSA) is 246 Å². The fourth-order valence-electron chi connectivity index (χ4n) is 16.0. The molecule has 0 aromatic carbocycles. The molecule has 1 spiro atoms. The molecule has 8 aliphatic rings. The van der Waals surface area contributed by atoms with Crippen LogP contribution in [0.4, 0.5) is 0 Å². The number of hydrogen-bond donors (Lipinski definition) is 6. The number of ketones is 2. The van der Waals surface area contributed by atoms with Crippen LogP contribution >= 0.6 is 0 Å². The fourth-order valence-corrected chi connectivity index (χ4v) is 16.0. The van der Waals surface area contributed by atoms with Crippen molar-refractivity contribution in [2.24, 2.45) is 58.2 Å². The van der Waals surface area contributed by atoms with E-state index in [4.69, 9.17) is 37.9 Å². The Morgan fingerprint density at radius 2 is 1.36 bits per heavy atom. The highest BCUT2D eigenvalue weighted by Gasteiger charge is 2.67. The summed E-state index contributed by atoms with van der Waals surface area (Å²) in [5, 5.41) is 68.8. The van der Waals surface area contributed by atoms with Gasteiger partial charge in [-0.15, -0.1) is 0 Å². The lowest BCUT2D eigenvalue weighted by Crippen LogP contribution is -2.57. The minimum Gasteiger partial charge on any atom is -0.511 e. The van der Waals surface area contributed by atoms with Crippen LogP contribution in [0.25, 0.3) is 0 Å². The maximum Gasteiger partial charge on any atom is 0.346 e. The molecular formula is C61H94O17. The van der Waals surface area contributed by atoms with Crippen molar-refractivity contribution in [2.75, 3.05) is 13.7 Å². The number of carbonyl (C=O) groups is 3. The second-order valence-corrected chi connectivity index (χ2v) is 25.4. The molecule has 0 aromatic rings. The number of hydrogen-bond acceptors (Lipinski definition) is 17. The molecule has 13 unspecified atom stereocenters. The number of rotatable bonds is 10. The number of esters is 1. The van der Waals surface area contributed by atoms with Gasteiger partial charge in [0.25, 0.3) is 0 Å². The van der Waals surface area contributed by atoms with Gasteiger partial charge in [0.1, 0.15) is 35.4 Å². The molecule has 17 heteroatoms. The zero-order valence-electron chi connectivity index (χ0n) is 48.6. The van der Waals surface area contributed by atoms with Gasteiger partial charge in [-0.2, -0.15) is 0 Å². The molecule has 25 atom stereocenters. The molecule has 8 rings (SSSR count). The van der Waals surface area contributed by atoms with Crippen molar-refractivity contribution < 1.29 is 82.9 Å². The van der Waals surface area contributed by atoms with Crippen LogP contribution in [0.3, 0.4) is 0 Å². The van der Waals surface area contributed by atoms with Gasteiger partial charge in [0.05, 0.1) is 48.8 Å². The first-order chi connectivity index (χ1) is 36.8. The Morgan fingerprint density at radius 1 is 0.744 bits per heavy atom. The van der Waals surface area contributed by atoms with Gasteiger partial charge in [-0.3, -0.25) is 9.59 Å². The third-order valence-corrected chi connectivity index (χ3v) is 20.3. The first-order valence-corrected chi connectivity index (χ1v) is 29.4. The molecule has 78 heavy (non-hydrogen) atoms. The van der Waals surface area contributed by atoms with Gasteiger partial charge in [-0.25, -0.2) is 4.79 Å². The SMILES string of the molecule is CC/C1=C\C(CO)CC(C)C(O[C@H]2C[C@H](O)[C@H](O[C@@H]3C[C@@H](OC)[C@H](O[C@H]4C[C@H](O)[C@H](O)[C@@H](C)O4)[C@@H](C)O3)[C@@H](C)O2)C(C)CCCC2(C)C=C(C)C(C)CC23OC(=O)C(=C(O)C2(CC)C1C(C)=CC1C(O)CC(=O)C(C)C12)C3=O. The molecule has 5 fully saturated rings. The predicted molar refractivity (Wildman–Crippen MR) is 287 cm³/mol. The van der Waals surface area contributed by atoms with E-state index in [0.29, 0.717) is 32.1 Å². The van der Waals surface area contributed by atoms with E-state index >= 15 is 4.79 Å². The number of carbonyl (C=O) groups excluding carboxylic acids is 3. The van der Waals surface area contributed by atoms with E-state index in [-0.39, 0.29) is 80.0 Å². The largest absolute Gasteiger partial charge is 0.511 e. The first-order valence-electron chi connectivity index (χ1n) is 29.4. The quantitative estimate of drug-likeness (QED) is 0.0715. The van der Waals surface area contributed by atoms with Crippen LogP contribution in [0.1, 0.15) is 154 Å². The molecule has 4 aliphatic heterocycles.